The number of para-hydroxylation sites is 1. The molecule has 144 valence electrons. The fourth-order valence-electron chi connectivity index (χ4n) is 4.76. The zero-order chi connectivity index (χ0) is 18.4. The Hall–Kier alpha value is -2.12. The number of benzene rings is 1. The lowest BCUT2D eigenvalue weighted by Gasteiger charge is -2.63. The summed E-state index contributed by atoms with van der Waals surface area (Å²) in [6.07, 6.45) is 2.07. The molecule has 0 aromatic heterocycles. The van der Waals surface area contributed by atoms with Crippen molar-refractivity contribution < 1.29 is 14.3 Å². The van der Waals surface area contributed by atoms with E-state index in [9.17, 15) is 9.59 Å². The Kier molecular flexibility index (Phi) is 4.09. The third kappa shape index (κ3) is 3.08. The van der Waals surface area contributed by atoms with Gasteiger partial charge in [-0.3, -0.25) is 9.69 Å². The predicted octanol–water partition coefficient (Wildman–Crippen LogP) is 1.23. The average molecular weight is 370 g/mol. The summed E-state index contributed by atoms with van der Waals surface area (Å²) < 4.78 is 5.69. The molecule has 0 unspecified atom stereocenters. The second-order valence-electron chi connectivity index (χ2n) is 8.29. The van der Waals surface area contributed by atoms with Crippen molar-refractivity contribution in [2.45, 2.75) is 24.4 Å². The number of amides is 3. The maximum absolute atomic E-state index is 12.9. The molecule has 1 saturated carbocycles. The molecule has 27 heavy (non-hydrogen) atoms. The number of hydrogen-bond donors (Lipinski definition) is 1. The van der Waals surface area contributed by atoms with Crippen molar-refractivity contribution in [3.8, 4) is 0 Å². The lowest BCUT2D eigenvalue weighted by atomic mass is 9.82. The largest absolute Gasteiger partial charge is 0.378 e. The first-order valence-corrected chi connectivity index (χ1v) is 9.89. The van der Waals surface area contributed by atoms with Crippen molar-refractivity contribution in [3.63, 3.8) is 0 Å². The Morgan fingerprint density at radius 3 is 2.56 bits per heavy atom. The first-order valence-electron chi connectivity index (χ1n) is 9.89. The van der Waals surface area contributed by atoms with E-state index >= 15 is 0 Å². The summed E-state index contributed by atoms with van der Waals surface area (Å²) in [7, 11) is 0. The number of piperazine rings is 1. The van der Waals surface area contributed by atoms with Gasteiger partial charge in [0, 0.05) is 44.3 Å². The zero-order valence-electron chi connectivity index (χ0n) is 15.5. The lowest BCUT2D eigenvalue weighted by molar-refractivity contribution is -0.172. The number of anilines is 1. The average Bonchev–Trinajstić information content (AvgIpc) is 3.51. The van der Waals surface area contributed by atoms with Crippen LogP contribution in [0, 0.1) is 5.92 Å². The molecule has 1 spiro atoms. The molecule has 1 atom stereocenters. The SMILES string of the molecule is O=C(Nc1ccccc1)N1C[C@@H]2COCCN2C2(C1)CN(C(=O)C1CC1)C2. The number of nitrogens with one attached hydrogen (secondary N) is 1. The minimum absolute atomic E-state index is 0.0715. The van der Waals surface area contributed by atoms with Gasteiger partial charge >= 0.3 is 6.03 Å². The van der Waals surface area contributed by atoms with Gasteiger partial charge in [-0.25, -0.2) is 4.79 Å². The Bertz CT molecular complexity index is 730. The molecule has 3 amide bonds. The standard InChI is InChI=1S/C20H26N4O3/c25-18(15-6-7-15)23-13-20(14-23)12-22(10-17-11-27-9-8-24(17)20)19(26)21-16-4-2-1-3-5-16/h1-5,15,17H,6-14H2,(H,21,26)/t17-/m1/s1. The molecule has 3 saturated heterocycles. The van der Waals surface area contributed by atoms with Crippen molar-refractivity contribution in [2.24, 2.45) is 5.92 Å². The molecule has 0 radical (unpaired) electrons. The van der Waals surface area contributed by atoms with Crippen LogP contribution in [0.1, 0.15) is 12.8 Å². The third-order valence-electron chi connectivity index (χ3n) is 6.27. The van der Waals surface area contributed by atoms with Crippen LogP contribution in [0.25, 0.3) is 0 Å². The van der Waals surface area contributed by atoms with E-state index in [2.05, 4.69) is 10.2 Å². The van der Waals surface area contributed by atoms with Gasteiger partial charge in [-0.15, -0.1) is 0 Å². The van der Waals surface area contributed by atoms with Gasteiger partial charge in [0.1, 0.15) is 0 Å². The van der Waals surface area contributed by atoms with Gasteiger partial charge in [-0.2, -0.15) is 0 Å². The van der Waals surface area contributed by atoms with Crippen LogP contribution in [0.4, 0.5) is 10.5 Å². The van der Waals surface area contributed by atoms with Gasteiger partial charge in [-0.05, 0) is 25.0 Å². The number of carbonyl (C=O) groups is 2. The van der Waals surface area contributed by atoms with Gasteiger partial charge in [0.2, 0.25) is 5.91 Å². The van der Waals surface area contributed by atoms with E-state index in [1.807, 2.05) is 40.1 Å². The van der Waals surface area contributed by atoms with Crippen LogP contribution in [0.15, 0.2) is 30.3 Å². The Morgan fingerprint density at radius 2 is 1.81 bits per heavy atom. The zero-order valence-corrected chi connectivity index (χ0v) is 15.5. The van der Waals surface area contributed by atoms with Crippen LogP contribution < -0.4 is 5.32 Å². The van der Waals surface area contributed by atoms with E-state index in [0.717, 1.165) is 44.8 Å². The number of nitrogens with zero attached hydrogens (tertiary/aromatic N) is 3. The fourth-order valence-corrected chi connectivity index (χ4v) is 4.76. The van der Waals surface area contributed by atoms with Gasteiger partial charge in [0.05, 0.1) is 24.8 Å². The van der Waals surface area contributed by atoms with Crippen molar-refractivity contribution in [1.82, 2.24) is 14.7 Å². The van der Waals surface area contributed by atoms with Crippen LogP contribution in [0.3, 0.4) is 0 Å². The summed E-state index contributed by atoms with van der Waals surface area (Å²) in [5, 5.41) is 3.00. The number of morpholine rings is 1. The summed E-state index contributed by atoms with van der Waals surface area (Å²) in [6, 6.07) is 9.68. The molecule has 4 aliphatic rings. The second-order valence-corrected chi connectivity index (χ2v) is 8.29. The van der Waals surface area contributed by atoms with Crippen molar-refractivity contribution in [2.75, 3.05) is 51.3 Å². The van der Waals surface area contributed by atoms with Crippen molar-refractivity contribution in [1.29, 1.82) is 0 Å². The van der Waals surface area contributed by atoms with Gasteiger partial charge < -0.3 is 19.9 Å². The van der Waals surface area contributed by atoms with E-state index in [-0.39, 0.29) is 23.5 Å². The van der Waals surface area contributed by atoms with Crippen molar-refractivity contribution in [3.05, 3.63) is 30.3 Å². The van der Waals surface area contributed by atoms with E-state index < -0.39 is 0 Å². The normalized spacial score (nSPS) is 27.0. The van der Waals surface area contributed by atoms with E-state index in [1.165, 1.54) is 0 Å². The molecule has 3 aliphatic heterocycles. The molecular weight excluding hydrogens is 344 g/mol. The van der Waals surface area contributed by atoms with Crippen LogP contribution in [-0.2, 0) is 9.53 Å². The molecule has 1 aliphatic carbocycles. The van der Waals surface area contributed by atoms with E-state index in [0.29, 0.717) is 25.6 Å². The summed E-state index contributed by atoms with van der Waals surface area (Å²) in [4.78, 5) is 31.7. The smallest absolute Gasteiger partial charge is 0.321 e. The first kappa shape index (κ1) is 17.0. The maximum atomic E-state index is 12.9. The minimum Gasteiger partial charge on any atom is -0.378 e. The number of hydrogen-bond acceptors (Lipinski definition) is 4. The molecule has 1 aromatic carbocycles. The van der Waals surface area contributed by atoms with Gasteiger partial charge in [-0.1, -0.05) is 18.2 Å². The minimum atomic E-state index is -0.120. The monoisotopic (exact) mass is 370 g/mol. The topological polar surface area (TPSA) is 65.1 Å². The number of likely N-dealkylation sites (tertiary alicyclic amines) is 1. The number of ether oxygens (including phenoxy) is 1. The number of urea groups is 1. The first-order chi connectivity index (χ1) is 13.1. The Morgan fingerprint density at radius 1 is 1.07 bits per heavy atom. The summed E-state index contributed by atoms with van der Waals surface area (Å²) >= 11 is 0. The summed E-state index contributed by atoms with van der Waals surface area (Å²) in [6.45, 7) is 5.04. The lowest BCUT2D eigenvalue weighted by Crippen LogP contribution is -2.81. The van der Waals surface area contributed by atoms with E-state index in [1.54, 1.807) is 0 Å². The number of rotatable bonds is 2. The molecule has 0 bridgehead atoms. The highest BCUT2D eigenvalue weighted by molar-refractivity contribution is 5.89. The van der Waals surface area contributed by atoms with E-state index in [4.69, 9.17) is 4.74 Å². The molecule has 4 fully saturated rings. The molecule has 7 nitrogen and oxygen atoms in total. The Balaban J connectivity index is 1.31. The molecule has 5 rings (SSSR count). The van der Waals surface area contributed by atoms with Crippen molar-refractivity contribution >= 4 is 17.6 Å². The highest BCUT2D eigenvalue weighted by Crippen LogP contribution is 2.39. The van der Waals surface area contributed by atoms with Gasteiger partial charge in [0.15, 0.2) is 0 Å². The molecule has 1 N–H and O–H groups in total. The fraction of sp³-hybridized carbons (Fsp3) is 0.600. The maximum Gasteiger partial charge on any atom is 0.321 e. The highest BCUT2D eigenvalue weighted by atomic mass is 16.5. The second kappa shape index (κ2) is 6.49. The molecule has 3 heterocycles. The van der Waals surface area contributed by atoms with Crippen LogP contribution in [0.5, 0.6) is 0 Å². The highest BCUT2D eigenvalue weighted by Gasteiger charge is 2.57. The summed E-state index contributed by atoms with van der Waals surface area (Å²) in [5.74, 6) is 0.556. The molecular formula is C20H26N4O3. The number of carbonyl (C=O) groups excluding carboxylic acids is 2. The van der Waals surface area contributed by atoms with Crippen LogP contribution >= 0.6 is 0 Å². The predicted molar refractivity (Wildman–Crippen MR) is 100 cm³/mol. The Labute approximate surface area is 159 Å². The molecule has 1 aromatic rings. The van der Waals surface area contributed by atoms with Gasteiger partial charge in [0.25, 0.3) is 0 Å². The van der Waals surface area contributed by atoms with Crippen LogP contribution in [-0.4, -0.2) is 84.2 Å². The van der Waals surface area contributed by atoms with Crippen LogP contribution in [0.2, 0.25) is 0 Å². The molecule has 7 heteroatoms. The third-order valence-corrected chi connectivity index (χ3v) is 6.27. The summed E-state index contributed by atoms with van der Waals surface area (Å²) in [5.41, 5.74) is 0.684. The number of fused-ring (bicyclic) bond motifs is 2. The quantitative estimate of drug-likeness (QED) is 0.850.